The highest BCUT2D eigenvalue weighted by molar-refractivity contribution is 7.54. The molecule has 1 atom stereocenters. The summed E-state index contributed by atoms with van der Waals surface area (Å²) in [7, 11) is -1.55. The molecule has 164 valence electrons. The van der Waals surface area contributed by atoms with Crippen LogP contribution in [0, 0.1) is 0 Å². The number of methoxy groups -OCH3 is 1. The zero-order valence-corrected chi connectivity index (χ0v) is 19.1. The summed E-state index contributed by atoms with van der Waals surface area (Å²) in [4.78, 5) is 8.65. The van der Waals surface area contributed by atoms with Gasteiger partial charge in [-0.3, -0.25) is 4.52 Å². The second-order valence-corrected chi connectivity index (χ2v) is 9.28. The molecule has 1 aromatic heterocycles. The number of hydrogen-bond donors (Lipinski definition) is 1. The molecule has 8 heteroatoms. The molecule has 1 unspecified atom stereocenters. The number of ether oxygens (including phenoxy) is 1. The molecule has 0 saturated carbocycles. The molecule has 0 bridgehead atoms. The maximum atomic E-state index is 12.9. The molecular formula is C23H28N3O4P. The first-order valence-corrected chi connectivity index (χ1v) is 11.9. The second kappa shape index (κ2) is 10.4. The number of hydrogen-bond acceptors (Lipinski definition) is 7. The molecule has 0 aliphatic rings. The van der Waals surface area contributed by atoms with E-state index < -0.39 is 7.60 Å². The molecule has 0 radical (unpaired) electrons. The fourth-order valence-electron chi connectivity index (χ4n) is 3.05. The average Bonchev–Trinajstić information content (AvgIpc) is 2.75. The van der Waals surface area contributed by atoms with Crippen LogP contribution in [0.4, 0.5) is 11.5 Å². The van der Waals surface area contributed by atoms with Crippen LogP contribution in [0.15, 0.2) is 60.9 Å². The highest BCUT2D eigenvalue weighted by Crippen LogP contribution is 2.50. The molecule has 1 N–H and O–H groups in total. The highest BCUT2D eigenvalue weighted by atomic mass is 31.2. The Morgan fingerprint density at radius 2 is 1.81 bits per heavy atom. The Morgan fingerprint density at radius 1 is 1.06 bits per heavy atom. The number of anilines is 2. The van der Waals surface area contributed by atoms with Gasteiger partial charge in [-0.2, -0.15) is 0 Å². The van der Waals surface area contributed by atoms with Crippen molar-refractivity contribution in [1.82, 2.24) is 9.97 Å². The molecule has 3 aromatic rings. The van der Waals surface area contributed by atoms with E-state index in [0.29, 0.717) is 24.2 Å². The van der Waals surface area contributed by atoms with E-state index in [9.17, 15) is 4.57 Å². The maximum Gasteiger partial charge on any atom is 0.379 e. The third-order valence-corrected chi connectivity index (χ3v) is 6.52. The van der Waals surface area contributed by atoms with Gasteiger partial charge in [0.05, 0.1) is 25.1 Å². The van der Waals surface area contributed by atoms with E-state index in [0.717, 1.165) is 22.7 Å². The summed E-state index contributed by atoms with van der Waals surface area (Å²) < 4.78 is 29.6. The molecule has 7 nitrogen and oxygen atoms in total. The van der Waals surface area contributed by atoms with Crippen molar-refractivity contribution in [1.29, 1.82) is 0 Å². The number of aromatic nitrogens is 2. The molecule has 3 rings (SSSR count). The standard InChI is InChI=1S/C23H28N3O4P/c1-5-14-31(27,29-17(2)3)30-19-12-10-18(11-13-19)26-23-15-21(24-16-25-23)20-8-6-7-9-22(20)28-4/h6-13,15-17H,5,14H2,1-4H3,(H,24,25,26). The predicted octanol–water partition coefficient (Wildman–Crippen LogP) is 6.30. The fraction of sp³-hybridized carbons (Fsp3) is 0.304. The van der Waals surface area contributed by atoms with Crippen molar-refractivity contribution < 1.29 is 18.3 Å². The lowest BCUT2D eigenvalue weighted by atomic mass is 10.1. The minimum Gasteiger partial charge on any atom is -0.496 e. The molecule has 2 aromatic carbocycles. The minimum absolute atomic E-state index is 0.173. The Labute approximate surface area is 183 Å². The summed E-state index contributed by atoms with van der Waals surface area (Å²) in [6.45, 7) is 5.65. The summed E-state index contributed by atoms with van der Waals surface area (Å²) in [6, 6.07) is 16.7. The van der Waals surface area contributed by atoms with E-state index in [1.54, 1.807) is 19.2 Å². The Kier molecular flexibility index (Phi) is 7.66. The zero-order chi connectivity index (χ0) is 22.3. The van der Waals surface area contributed by atoms with Crippen LogP contribution in [0.3, 0.4) is 0 Å². The largest absolute Gasteiger partial charge is 0.496 e. The molecule has 0 amide bonds. The van der Waals surface area contributed by atoms with Crippen LogP contribution in [-0.2, 0) is 9.09 Å². The molecule has 0 aliphatic carbocycles. The molecule has 31 heavy (non-hydrogen) atoms. The number of rotatable bonds is 10. The van der Waals surface area contributed by atoms with Crippen molar-refractivity contribution >= 4 is 19.1 Å². The van der Waals surface area contributed by atoms with E-state index in [1.165, 1.54) is 6.33 Å². The number of nitrogens with zero attached hydrogens (tertiary/aromatic N) is 2. The lowest BCUT2D eigenvalue weighted by Gasteiger charge is -2.21. The van der Waals surface area contributed by atoms with Gasteiger partial charge in [-0.1, -0.05) is 19.1 Å². The third-order valence-electron chi connectivity index (χ3n) is 4.29. The fourth-order valence-corrected chi connectivity index (χ4v) is 4.92. The topological polar surface area (TPSA) is 82.6 Å². The summed E-state index contributed by atoms with van der Waals surface area (Å²) in [6.07, 6.45) is 2.42. The summed E-state index contributed by atoms with van der Waals surface area (Å²) in [5.41, 5.74) is 2.45. The van der Waals surface area contributed by atoms with Gasteiger partial charge in [0.25, 0.3) is 0 Å². The van der Waals surface area contributed by atoms with Crippen LogP contribution < -0.4 is 14.6 Å². The first-order chi connectivity index (χ1) is 14.9. The Balaban J connectivity index is 1.74. The molecule has 0 fully saturated rings. The van der Waals surface area contributed by atoms with Crippen molar-refractivity contribution in [2.45, 2.75) is 33.3 Å². The van der Waals surface area contributed by atoms with Gasteiger partial charge < -0.3 is 14.6 Å². The maximum absolute atomic E-state index is 12.9. The lowest BCUT2D eigenvalue weighted by molar-refractivity contribution is 0.209. The molecule has 0 spiro atoms. The Morgan fingerprint density at radius 3 is 2.48 bits per heavy atom. The van der Waals surface area contributed by atoms with E-state index in [2.05, 4.69) is 15.3 Å². The Hall–Kier alpha value is -2.89. The van der Waals surface area contributed by atoms with E-state index in [1.807, 2.05) is 63.2 Å². The normalized spacial score (nSPS) is 12.9. The van der Waals surface area contributed by atoms with Crippen LogP contribution in [-0.4, -0.2) is 29.3 Å². The van der Waals surface area contributed by atoms with E-state index in [4.69, 9.17) is 13.8 Å². The van der Waals surface area contributed by atoms with Crippen molar-refractivity contribution in [2.75, 3.05) is 18.6 Å². The quantitative estimate of drug-likeness (QED) is 0.370. The van der Waals surface area contributed by atoms with Crippen molar-refractivity contribution in [3.8, 4) is 22.8 Å². The molecule has 1 heterocycles. The summed E-state index contributed by atoms with van der Waals surface area (Å²) >= 11 is 0. The Bertz CT molecular complexity index is 1040. The lowest BCUT2D eigenvalue weighted by Crippen LogP contribution is -2.08. The van der Waals surface area contributed by atoms with Crippen LogP contribution in [0.1, 0.15) is 27.2 Å². The van der Waals surface area contributed by atoms with Gasteiger partial charge in [-0.25, -0.2) is 14.5 Å². The van der Waals surface area contributed by atoms with Crippen LogP contribution in [0.5, 0.6) is 11.5 Å². The smallest absolute Gasteiger partial charge is 0.379 e. The number of benzene rings is 2. The minimum atomic E-state index is -3.18. The van der Waals surface area contributed by atoms with Gasteiger partial charge in [-0.15, -0.1) is 0 Å². The SMILES string of the molecule is CCCP(=O)(Oc1ccc(Nc2cc(-c3ccccc3OC)ncn2)cc1)OC(C)C. The van der Waals surface area contributed by atoms with Gasteiger partial charge in [0, 0.05) is 17.3 Å². The van der Waals surface area contributed by atoms with Crippen LogP contribution >= 0.6 is 7.60 Å². The molecule has 0 saturated heterocycles. The first kappa shape index (κ1) is 22.8. The second-order valence-electron chi connectivity index (χ2n) is 7.22. The van der Waals surface area contributed by atoms with E-state index >= 15 is 0 Å². The van der Waals surface area contributed by atoms with Gasteiger partial charge in [0.15, 0.2) is 0 Å². The zero-order valence-electron chi connectivity index (χ0n) is 18.2. The summed E-state index contributed by atoms with van der Waals surface area (Å²) in [5, 5.41) is 3.25. The monoisotopic (exact) mass is 441 g/mol. The predicted molar refractivity (Wildman–Crippen MR) is 123 cm³/mol. The first-order valence-electron chi connectivity index (χ1n) is 10.2. The van der Waals surface area contributed by atoms with Gasteiger partial charge in [0.2, 0.25) is 0 Å². The highest BCUT2D eigenvalue weighted by Gasteiger charge is 2.26. The molecule has 0 aliphatic heterocycles. The van der Waals surface area contributed by atoms with Crippen LogP contribution in [0.25, 0.3) is 11.3 Å². The van der Waals surface area contributed by atoms with Crippen LogP contribution in [0.2, 0.25) is 0 Å². The van der Waals surface area contributed by atoms with Gasteiger partial charge >= 0.3 is 7.60 Å². The number of para-hydroxylation sites is 1. The van der Waals surface area contributed by atoms with Crippen molar-refractivity contribution in [3.63, 3.8) is 0 Å². The third kappa shape index (κ3) is 6.29. The summed E-state index contributed by atoms with van der Waals surface area (Å²) in [5.74, 6) is 1.89. The average molecular weight is 441 g/mol. The number of nitrogens with one attached hydrogen (secondary N) is 1. The van der Waals surface area contributed by atoms with Gasteiger partial charge in [0.1, 0.15) is 23.6 Å². The van der Waals surface area contributed by atoms with Gasteiger partial charge in [-0.05, 0) is 56.7 Å². The van der Waals surface area contributed by atoms with E-state index in [-0.39, 0.29) is 6.10 Å². The van der Waals surface area contributed by atoms with Crippen molar-refractivity contribution in [3.05, 3.63) is 60.9 Å². The van der Waals surface area contributed by atoms with Crippen molar-refractivity contribution in [2.24, 2.45) is 0 Å². The molecular weight excluding hydrogens is 413 g/mol.